The fourth-order valence-electron chi connectivity index (χ4n) is 3.08. The lowest BCUT2D eigenvalue weighted by Gasteiger charge is -2.14. The molecule has 6 heteroatoms. The van der Waals surface area contributed by atoms with Crippen LogP contribution < -0.4 is 15.0 Å². The number of ether oxygens (including phenoxy) is 2. The summed E-state index contributed by atoms with van der Waals surface area (Å²) in [5.41, 5.74) is 4.02. The molecule has 1 heterocycles. The molecule has 2 amide bonds. The highest BCUT2D eigenvalue weighted by molar-refractivity contribution is 5.90. The number of nitrogens with zero attached hydrogens (tertiary/aromatic N) is 1. The van der Waals surface area contributed by atoms with Crippen LogP contribution in [0.5, 0.6) is 5.75 Å². The Hall–Kier alpha value is -3.02. The first-order chi connectivity index (χ1) is 13.5. The molecule has 0 aromatic heterocycles. The monoisotopic (exact) mass is 382 g/mol. The van der Waals surface area contributed by atoms with E-state index in [1.165, 1.54) is 5.56 Å². The van der Waals surface area contributed by atoms with E-state index in [0.29, 0.717) is 19.7 Å². The SMILES string of the molecule is CCOc1ccc(CC(=O)NCC2CN(c3ccc(C)c(C)c3)C(=O)O2)cc1. The van der Waals surface area contributed by atoms with Crippen LogP contribution in [0.1, 0.15) is 23.6 Å². The van der Waals surface area contributed by atoms with Crippen molar-refractivity contribution < 1.29 is 19.1 Å². The van der Waals surface area contributed by atoms with Gasteiger partial charge in [-0.15, -0.1) is 0 Å². The molecule has 6 nitrogen and oxygen atoms in total. The molecule has 28 heavy (non-hydrogen) atoms. The summed E-state index contributed by atoms with van der Waals surface area (Å²) in [6, 6.07) is 13.3. The van der Waals surface area contributed by atoms with Crippen LogP contribution in [0.15, 0.2) is 42.5 Å². The Morgan fingerprint density at radius 1 is 1.18 bits per heavy atom. The molecule has 1 fully saturated rings. The Bertz CT molecular complexity index is 848. The van der Waals surface area contributed by atoms with Crippen LogP contribution >= 0.6 is 0 Å². The van der Waals surface area contributed by atoms with Crippen molar-refractivity contribution in [2.24, 2.45) is 0 Å². The van der Waals surface area contributed by atoms with Crippen molar-refractivity contribution in [3.8, 4) is 5.75 Å². The lowest BCUT2D eigenvalue weighted by molar-refractivity contribution is -0.120. The lowest BCUT2D eigenvalue weighted by atomic mass is 10.1. The molecule has 0 bridgehead atoms. The summed E-state index contributed by atoms with van der Waals surface area (Å²) >= 11 is 0. The van der Waals surface area contributed by atoms with E-state index in [0.717, 1.165) is 22.6 Å². The van der Waals surface area contributed by atoms with Crippen LogP contribution in [0.25, 0.3) is 0 Å². The second-order valence-corrected chi connectivity index (χ2v) is 6.94. The van der Waals surface area contributed by atoms with Crippen molar-refractivity contribution in [1.82, 2.24) is 5.32 Å². The molecule has 0 aliphatic carbocycles. The molecular weight excluding hydrogens is 356 g/mol. The number of carbonyl (C=O) groups is 2. The number of nitrogens with one attached hydrogen (secondary N) is 1. The normalized spacial score (nSPS) is 16.0. The first kappa shape index (κ1) is 19.7. The van der Waals surface area contributed by atoms with Gasteiger partial charge < -0.3 is 14.8 Å². The lowest BCUT2D eigenvalue weighted by Crippen LogP contribution is -2.35. The molecule has 1 atom stereocenters. The van der Waals surface area contributed by atoms with Gasteiger partial charge in [0.05, 0.1) is 26.1 Å². The van der Waals surface area contributed by atoms with E-state index in [4.69, 9.17) is 9.47 Å². The van der Waals surface area contributed by atoms with Crippen molar-refractivity contribution in [3.05, 3.63) is 59.2 Å². The highest BCUT2D eigenvalue weighted by Gasteiger charge is 2.32. The molecule has 0 spiro atoms. The van der Waals surface area contributed by atoms with Gasteiger partial charge in [0.25, 0.3) is 0 Å². The molecule has 1 N–H and O–H groups in total. The van der Waals surface area contributed by atoms with E-state index >= 15 is 0 Å². The summed E-state index contributed by atoms with van der Waals surface area (Å²) in [5.74, 6) is 0.681. The summed E-state index contributed by atoms with van der Waals surface area (Å²) in [7, 11) is 0. The zero-order valence-electron chi connectivity index (χ0n) is 16.5. The van der Waals surface area contributed by atoms with Gasteiger partial charge >= 0.3 is 6.09 Å². The predicted molar refractivity (Wildman–Crippen MR) is 108 cm³/mol. The summed E-state index contributed by atoms with van der Waals surface area (Å²) in [5, 5.41) is 2.85. The first-order valence-corrected chi connectivity index (χ1v) is 9.50. The van der Waals surface area contributed by atoms with Crippen molar-refractivity contribution >= 4 is 17.7 Å². The van der Waals surface area contributed by atoms with Crippen molar-refractivity contribution in [2.75, 3.05) is 24.6 Å². The van der Waals surface area contributed by atoms with Gasteiger partial charge in [-0.05, 0) is 61.7 Å². The quantitative estimate of drug-likeness (QED) is 0.797. The molecule has 1 aliphatic heterocycles. The average molecular weight is 382 g/mol. The Morgan fingerprint density at radius 2 is 1.93 bits per heavy atom. The number of benzene rings is 2. The number of aryl methyl sites for hydroxylation is 2. The highest BCUT2D eigenvalue weighted by Crippen LogP contribution is 2.24. The van der Waals surface area contributed by atoms with Crippen LogP contribution in [-0.4, -0.2) is 37.8 Å². The molecule has 1 saturated heterocycles. The van der Waals surface area contributed by atoms with E-state index in [9.17, 15) is 9.59 Å². The van der Waals surface area contributed by atoms with Gasteiger partial charge in [-0.2, -0.15) is 0 Å². The average Bonchev–Trinajstić information content (AvgIpc) is 3.05. The molecule has 1 unspecified atom stereocenters. The summed E-state index contributed by atoms with van der Waals surface area (Å²) in [6.07, 6.45) is -0.471. The minimum Gasteiger partial charge on any atom is -0.494 e. The van der Waals surface area contributed by atoms with Crippen LogP contribution in [0.3, 0.4) is 0 Å². The number of hydrogen-bond donors (Lipinski definition) is 1. The van der Waals surface area contributed by atoms with Crippen molar-refractivity contribution in [2.45, 2.75) is 33.3 Å². The zero-order valence-corrected chi connectivity index (χ0v) is 16.5. The van der Waals surface area contributed by atoms with Gasteiger partial charge in [-0.1, -0.05) is 18.2 Å². The van der Waals surface area contributed by atoms with Gasteiger partial charge in [-0.25, -0.2) is 4.79 Å². The Kier molecular flexibility index (Phi) is 6.19. The van der Waals surface area contributed by atoms with E-state index in [2.05, 4.69) is 5.32 Å². The molecular formula is C22H26N2O4. The first-order valence-electron chi connectivity index (χ1n) is 9.50. The van der Waals surface area contributed by atoms with E-state index in [1.54, 1.807) is 4.90 Å². The fraction of sp³-hybridized carbons (Fsp3) is 0.364. The molecule has 0 saturated carbocycles. The van der Waals surface area contributed by atoms with Crippen molar-refractivity contribution in [3.63, 3.8) is 0 Å². The summed E-state index contributed by atoms with van der Waals surface area (Å²) < 4.78 is 10.8. The second-order valence-electron chi connectivity index (χ2n) is 6.94. The minimum absolute atomic E-state index is 0.107. The number of amides is 2. The van der Waals surface area contributed by atoms with Gasteiger partial charge in [0.1, 0.15) is 11.9 Å². The summed E-state index contributed by atoms with van der Waals surface area (Å²) in [6.45, 7) is 7.30. The van der Waals surface area contributed by atoms with Crippen LogP contribution in [0.2, 0.25) is 0 Å². The Balaban J connectivity index is 1.50. The molecule has 2 aromatic carbocycles. The maximum absolute atomic E-state index is 12.2. The third kappa shape index (κ3) is 4.82. The topological polar surface area (TPSA) is 67.9 Å². The van der Waals surface area contributed by atoms with Gasteiger partial charge in [-0.3, -0.25) is 9.69 Å². The maximum Gasteiger partial charge on any atom is 0.414 e. The molecule has 1 aliphatic rings. The largest absolute Gasteiger partial charge is 0.494 e. The smallest absolute Gasteiger partial charge is 0.414 e. The van der Waals surface area contributed by atoms with Gasteiger partial charge in [0, 0.05) is 5.69 Å². The number of anilines is 1. The van der Waals surface area contributed by atoms with Crippen LogP contribution in [-0.2, 0) is 16.0 Å². The maximum atomic E-state index is 12.2. The molecule has 3 rings (SSSR count). The van der Waals surface area contributed by atoms with Crippen LogP contribution in [0, 0.1) is 13.8 Å². The van der Waals surface area contributed by atoms with Gasteiger partial charge in [0.15, 0.2) is 0 Å². The third-order valence-electron chi connectivity index (χ3n) is 4.80. The highest BCUT2D eigenvalue weighted by atomic mass is 16.6. The number of carbonyl (C=O) groups excluding carboxylic acids is 2. The van der Waals surface area contributed by atoms with E-state index in [1.807, 2.05) is 63.2 Å². The van der Waals surface area contributed by atoms with Gasteiger partial charge in [0.2, 0.25) is 5.91 Å². The minimum atomic E-state index is -0.381. The third-order valence-corrected chi connectivity index (χ3v) is 4.80. The molecule has 148 valence electrons. The Morgan fingerprint density at radius 3 is 2.61 bits per heavy atom. The molecule has 2 aromatic rings. The predicted octanol–water partition coefficient (Wildman–Crippen LogP) is 3.39. The fourth-order valence-corrected chi connectivity index (χ4v) is 3.08. The van der Waals surface area contributed by atoms with Crippen molar-refractivity contribution in [1.29, 1.82) is 0 Å². The number of hydrogen-bond acceptors (Lipinski definition) is 4. The zero-order chi connectivity index (χ0) is 20.1. The standard InChI is InChI=1S/C22H26N2O4/c1-4-27-19-9-6-17(7-10-19)12-21(25)23-13-20-14-24(22(26)28-20)18-8-5-15(2)16(3)11-18/h5-11,20H,4,12-14H2,1-3H3,(H,23,25). The summed E-state index contributed by atoms with van der Waals surface area (Å²) in [4.78, 5) is 26.0. The van der Waals surface area contributed by atoms with E-state index < -0.39 is 0 Å². The molecule has 0 radical (unpaired) electrons. The second kappa shape index (κ2) is 8.78. The van der Waals surface area contributed by atoms with Crippen LogP contribution in [0.4, 0.5) is 10.5 Å². The van der Waals surface area contributed by atoms with E-state index in [-0.39, 0.29) is 24.5 Å². The number of rotatable bonds is 7. The number of cyclic esters (lactones) is 1. The Labute approximate surface area is 165 Å².